The molecule has 0 saturated heterocycles. The van der Waals surface area contributed by atoms with E-state index in [9.17, 15) is 9.90 Å². The zero-order valence-corrected chi connectivity index (χ0v) is 13.7. The van der Waals surface area contributed by atoms with E-state index in [-0.39, 0.29) is 17.1 Å². The zero-order valence-electron chi connectivity index (χ0n) is 13.7. The van der Waals surface area contributed by atoms with Crippen molar-refractivity contribution in [2.45, 2.75) is 26.3 Å². The van der Waals surface area contributed by atoms with Gasteiger partial charge in [-0.3, -0.25) is 0 Å². The molecule has 0 fully saturated rings. The monoisotopic (exact) mass is 317 g/mol. The summed E-state index contributed by atoms with van der Waals surface area (Å²) in [4.78, 5) is 13.8. The molecule has 1 heterocycles. The molecule has 0 amide bonds. The first-order valence-electron chi connectivity index (χ1n) is 7.77. The van der Waals surface area contributed by atoms with Crippen molar-refractivity contribution in [3.63, 3.8) is 0 Å². The van der Waals surface area contributed by atoms with Crippen LogP contribution in [0.15, 0.2) is 34.9 Å². The lowest BCUT2D eigenvalue weighted by molar-refractivity contribution is 0.0698. The maximum atomic E-state index is 11.6. The highest BCUT2D eigenvalue weighted by atomic mass is 16.5. The normalized spacial score (nSPS) is 12.3. The molecule has 0 radical (unpaired) electrons. The van der Waals surface area contributed by atoms with E-state index >= 15 is 0 Å². The molecule has 2 rings (SSSR count). The molecule has 1 aromatic heterocycles. The van der Waals surface area contributed by atoms with Gasteiger partial charge in [0.05, 0.1) is 0 Å². The Balaban J connectivity index is 2.11. The third-order valence-electron chi connectivity index (χ3n) is 4.05. The van der Waals surface area contributed by atoms with Crippen LogP contribution >= 0.6 is 0 Å². The molecule has 1 aromatic carbocycles. The van der Waals surface area contributed by atoms with Crippen LogP contribution in [-0.2, 0) is 0 Å². The Hall–Kier alpha value is -2.34. The van der Waals surface area contributed by atoms with Crippen molar-refractivity contribution in [2.75, 3.05) is 25.5 Å². The highest BCUT2D eigenvalue weighted by molar-refractivity contribution is 5.99. The molecular formula is C17H23N3O3. The van der Waals surface area contributed by atoms with Gasteiger partial charge in [0.2, 0.25) is 0 Å². The molecule has 6 nitrogen and oxygen atoms in total. The summed E-state index contributed by atoms with van der Waals surface area (Å²) in [6.07, 6.45) is 0.886. The quantitative estimate of drug-likeness (QED) is 0.778. The summed E-state index contributed by atoms with van der Waals surface area (Å²) in [6.45, 7) is 5.86. The molecule has 0 bridgehead atoms. The Morgan fingerprint density at radius 3 is 2.70 bits per heavy atom. The van der Waals surface area contributed by atoms with Crippen LogP contribution in [0, 0.1) is 0 Å². The Bertz CT molecular complexity index is 640. The lowest BCUT2D eigenvalue weighted by Gasteiger charge is -2.22. The number of carbonyl (C=O) groups is 1. The second-order valence-electron chi connectivity index (χ2n) is 5.54. The Kier molecular flexibility index (Phi) is 5.76. The van der Waals surface area contributed by atoms with Gasteiger partial charge in [0.25, 0.3) is 0 Å². The van der Waals surface area contributed by atoms with Gasteiger partial charge >= 0.3 is 5.97 Å². The number of benzene rings is 1. The van der Waals surface area contributed by atoms with Gasteiger partial charge in [-0.1, -0.05) is 42.4 Å². The van der Waals surface area contributed by atoms with Crippen LogP contribution in [0.2, 0.25) is 0 Å². The number of rotatable bonds is 8. The highest BCUT2D eigenvalue weighted by Gasteiger charge is 2.23. The summed E-state index contributed by atoms with van der Waals surface area (Å²) in [5, 5.41) is 16.5. The first-order valence-corrected chi connectivity index (χ1v) is 7.77. The Labute approximate surface area is 136 Å². The van der Waals surface area contributed by atoms with E-state index in [1.165, 1.54) is 0 Å². The first-order chi connectivity index (χ1) is 11.0. The molecule has 0 aliphatic carbocycles. The molecule has 0 aliphatic heterocycles. The molecule has 2 N–H and O–H groups in total. The first kappa shape index (κ1) is 17.0. The fourth-order valence-corrected chi connectivity index (χ4v) is 2.33. The number of carboxylic acid groups (broad SMARTS) is 1. The molecule has 0 aliphatic rings. The van der Waals surface area contributed by atoms with Gasteiger partial charge in [-0.05, 0) is 26.9 Å². The average Bonchev–Trinajstić information content (AvgIpc) is 2.99. The molecule has 1 unspecified atom stereocenters. The largest absolute Gasteiger partial charge is 0.477 e. The summed E-state index contributed by atoms with van der Waals surface area (Å²) in [6, 6.07) is 9.54. The van der Waals surface area contributed by atoms with Gasteiger partial charge in [-0.2, -0.15) is 0 Å². The van der Waals surface area contributed by atoms with E-state index < -0.39 is 5.97 Å². The van der Waals surface area contributed by atoms with E-state index in [1.807, 2.05) is 18.2 Å². The minimum Gasteiger partial charge on any atom is -0.477 e. The van der Waals surface area contributed by atoms with Crippen LogP contribution in [0.25, 0.3) is 11.3 Å². The number of nitrogens with zero attached hydrogens (tertiary/aromatic N) is 2. The molecule has 23 heavy (non-hydrogen) atoms. The van der Waals surface area contributed by atoms with Crippen LogP contribution in [0.1, 0.15) is 30.6 Å². The smallest absolute Gasteiger partial charge is 0.343 e. The van der Waals surface area contributed by atoms with Gasteiger partial charge in [0, 0.05) is 18.2 Å². The molecule has 0 spiro atoms. The van der Waals surface area contributed by atoms with E-state index in [1.54, 1.807) is 12.1 Å². The second-order valence-corrected chi connectivity index (χ2v) is 5.54. The van der Waals surface area contributed by atoms with Crippen LogP contribution in [0.3, 0.4) is 0 Å². The van der Waals surface area contributed by atoms with Crippen molar-refractivity contribution < 1.29 is 14.4 Å². The predicted octanol–water partition coefficient (Wildman–Crippen LogP) is 3.18. The SMILES string of the molecule is CCN(C)C(C)CCNc1noc(-c2ccccc2)c1C(=O)O. The average molecular weight is 317 g/mol. The minimum atomic E-state index is -1.05. The summed E-state index contributed by atoms with van der Waals surface area (Å²) in [5.41, 5.74) is 0.775. The minimum absolute atomic E-state index is 0.0766. The number of hydrogen-bond acceptors (Lipinski definition) is 5. The number of aromatic carboxylic acids is 1. The lowest BCUT2D eigenvalue weighted by atomic mass is 10.1. The number of aromatic nitrogens is 1. The highest BCUT2D eigenvalue weighted by Crippen LogP contribution is 2.29. The van der Waals surface area contributed by atoms with E-state index in [2.05, 4.69) is 36.3 Å². The Morgan fingerprint density at radius 1 is 1.39 bits per heavy atom. The van der Waals surface area contributed by atoms with E-state index in [0.717, 1.165) is 13.0 Å². The number of nitrogens with one attached hydrogen (secondary N) is 1. The van der Waals surface area contributed by atoms with Crippen molar-refractivity contribution in [2.24, 2.45) is 0 Å². The van der Waals surface area contributed by atoms with E-state index in [0.29, 0.717) is 18.2 Å². The topological polar surface area (TPSA) is 78.6 Å². The molecular weight excluding hydrogens is 294 g/mol. The zero-order chi connectivity index (χ0) is 16.8. The van der Waals surface area contributed by atoms with Crippen LogP contribution in [0.5, 0.6) is 0 Å². The van der Waals surface area contributed by atoms with Crippen LogP contribution in [-0.4, -0.2) is 47.3 Å². The molecule has 0 saturated carbocycles. The lowest BCUT2D eigenvalue weighted by Crippen LogP contribution is -2.30. The fraction of sp³-hybridized carbons (Fsp3) is 0.412. The van der Waals surface area contributed by atoms with Crippen molar-refractivity contribution in [3.05, 3.63) is 35.9 Å². The van der Waals surface area contributed by atoms with Crippen molar-refractivity contribution in [3.8, 4) is 11.3 Å². The second kappa shape index (κ2) is 7.78. The summed E-state index contributed by atoms with van der Waals surface area (Å²) in [5.74, 6) is -0.492. The summed E-state index contributed by atoms with van der Waals surface area (Å²) < 4.78 is 5.27. The third kappa shape index (κ3) is 4.10. The fourth-order valence-electron chi connectivity index (χ4n) is 2.33. The van der Waals surface area contributed by atoms with Gasteiger partial charge in [-0.25, -0.2) is 4.79 Å². The summed E-state index contributed by atoms with van der Waals surface area (Å²) in [7, 11) is 2.07. The predicted molar refractivity (Wildman–Crippen MR) is 89.8 cm³/mol. The maximum absolute atomic E-state index is 11.6. The molecule has 1 atom stereocenters. The Morgan fingerprint density at radius 2 is 2.09 bits per heavy atom. The third-order valence-corrected chi connectivity index (χ3v) is 4.05. The van der Waals surface area contributed by atoms with E-state index in [4.69, 9.17) is 4.52 Å². The maximum Gasteiger partial charge on any atom is 0.343 e. The van der Waals surface area contributed by atoms with Crippen LogP contribution < -0.4 is 5.32 Å². The summed E-state index contributed by atoms with van der Waals surface area (Å²) >= 11 is 0. The van der Waals surface area contributed by atoms with Crippen molar-refractivity contribution in [1.29, 1.82) is 0 Å². The van der Waals surface area contributed by atoms with Crippen molar-refractivity contribution >= 4 is 11.8 Å². The number of hydrogen-bond donors (Lipinski definition) is 2. The van der Waals surface area contributed by atoms with Gasteiger partial charge in [-0.15, -0.1) is 0 Å². The van der Waals surface area contributed by atoms with Gasteiger partial charge in [0.1, 0.15) is 0 Å². The molecule has 2 aromatic rings. The van der Waals surface area contributed by atoms with Crippen molar-refractivity contribution in [1.82, 2.24) is 10.1 Å². The number of anilines is 1. The van der Waals surface area contributed by atoms with Gasteiger partial charge < -0.3 is 19.8 Å². The van der Waals surface area contributed by atoms with Crippen LogP contribution in [0.4, 0.5) is 5.82 Å². The van der Waals surface area contributed by atoms with Gasteiger partial charge in [0.15, 0.2) is 17.1 Å². The standard InChI is InChI=1S/C17H23N3O3/c1-4-20(3)12(2)10-11-18-16-14(17(21)22)15(23-19-16)13-8-6-5-7-9-13/h5-9,12H,4,10-11H2,1-3H3,(H,18,19)(H,21,22). The molecule has 6 heteroatoms. The molecule has 124 valence electrons. The number of carboxylic acids is 1.